The minimum Gasteiger partial charge on any atom is -0.334 e. The molecule has 0 bridgehead atoms. The van der Waals surface area contributed by atoms with E-state index in [0.717, 1.165) is 16.9 Å². The topological polar surface area (TPSA) is 71.8 Å². The van der Waals surface area contributed by atoms with Crippen molar-refractivity contribution in [1.82, 2.24) is 25.2 Å². The van der Waals surface area contributed by atoms with E-state index in [9.17, 15) is 4.79 Å². The number of hydrogen-bond donors (Lipinski definition) is 2. The standard InChI is InChI=1S/C20H23N5O/c1-15(2)18(16-7-4-3-5-8-16)24-20(26)23-13-17-9-6-10-22-19(17)25-12-11-21-14-25/h3-12,14-15,18H,13H2,1-2H3,(H2,23,24,26)/t18-/m1/s1. The van der Waals surface area contributed by atoms with Gasteiger partial charge in [0.1, 0.15) is 12.1 Å². The first kappa shape index (κ1) is 17.7. The van der Waals surface area contributed by atoms with E-state index in [4.69, 9.17) is 0 Å². The number of carbonyl (C=O) groups is 1. The van der Waals surface area contributed by atoms with E-state index in [1.54, 1.807) is 18.7 Å². The number of nitrogens with zero attached hydrogens (tertiary/aromatic N) is 3. The lowest BCUT2D eigenvalue weighted by molar-refractivity contribution is 0.232. The molecule has 0 aliphatic rings. The maximum atomic E-state index is 12.4. The Kier molecular flexibility index (Phi) is 5.63. The minimum absolute atomic E-state index is 0.0433. The van der Waals surface area contributed by atoms with Crippen LogP contribution >= 0.6 is 0 Å². The lowest BCUT2D eigenvalue weighted by atomic mass is 9.96. The average molecular weight is 349 g/mol. The molecular weight excluding hydrogens is 326 g/mol. The molecule has 0 spiro atoms. The van der Waals surface area contributed by atoms with Gasteiger partial charge in [-0.2, -0.15) is 0 Å². The zero-order valence-corrected chi connectivity index (χ0v) is 15.0. The number of amides is 2. The van der Waals surface area contributed by atoms with Gasteiger partial charge < -0.3 is 10.6 Å². The Labute approximate surface area is 153 Å². The molecule has 3 rings (SSSR count). The van der Waals surface area contributed by atoms with Crippen LogP contribution in [0.25, 0.3) is 5.82 Å². The number of rotatable bonds is 6. The molecule has 2 amide bonds. The zero-order valence-electron chi connectivity index (χ0n) is 15.0. The highest BCUT2D eigenvalue weighted by molar-refractivity contribution is 5.74. The fourth-order valence-electron chi connectivity index (χ4n) is 2.85. The summed E-state index contributed by atoms with van der Waals surface area (Å²) < 4.78 is 1.83. The van der Waals surface area contributed by atoms with Gasteiger partial charge in [0.05, 0.1) is 6.04 Å². The Morgan fingerprint density at radius 2 is 1.92 bits per heavy atom. The monoisotopic (exact) mass is 349 g/mol. The summed E-state index contributed by atoms with van der Waals surface area (Å²) in [4.78, 5) is 20.9. The largest absolute Gasteiger partial charge is 0.334 e. The Hall–Kier alpha value is -3.15. The highest BCUT2D eigenvalue weighted by Crippen LogP contribution is 2.21. The number of hydrogen-bond acceptors (Lipinski definition) is 3. The van der Waals surface area contributed by atoms with Crippen LogP contribution in [-0.4, -0.2) is 20.6 Å². The Bertz CT molecular complexity index is 830. The van der Waals surface area contributed by atoms with Crippen LogP contribution in [0.3, 0.4) is 0 Å². The molecule has 6 heteroatoms. The lowest BCUT2D eigenvalue weighted by Crippen LogP contribution is -2.39. The quantitative estimate of drug-likeness (QED) is 0.716. The number of imidazole rings is 1. The summed E-state index contributed by atoms with van der Waals surface area (Å²) in [7, 11) is 0. The maximum absolute atomic E-state index is 12.4. The van der Waals surface area contributed by atoms with Gasteiger partial charge in [-0.1, -0.05) is 50.2 Å². The van der Waals surface area contributed by atoms with E-state index in [0.29, 0.717) is 6.54 Å². The van der Waals surface area contributed by atoms with Crippen molar-refractivity contribution in [2.75, 3.05) is 0 Å². The van der Waals surface area contributed by atoms with Crippen molar-refractivity contribution in [3.63, 3.8) is 0 Å². The highest BCUT2D eigenvalue weighted by Gasteiger charge is 2.18. The first-order valence-corrected chi connectivity index (χ1v) is 8.66. The third-order valence-electron chi connectivity index (χ3n) is 4.17. The van der Waals surface area contributed by atoms with Gasteiger partial charge in [-0.15, -0.1) is 0 Å². The number of urea groups is 1. The van der Waals surface area contributed by atoms with Gasteiger partial charge >= 0.3 is 6.03 Å². The number of nitrogens with one attached hydrogen (secondary N) is 2. The molecule has 1 aromatic carbocycles. The van der Waals surface area contributed by atoms with Crippen LogP contribution < -0.4 is 10.6 Å². The van der Waals surface area contributed by atoms with E-state index in [2.05, 4.69) is 34.4 Å². The van der Waals surface area contributed by atoms with Crippen LogP contribution in [0, 0.1) is 5.92 Å². The molecule has 3 aromatic rings. The summed E-state index contributed by atoms with van der Waals surface area (Å²) in [6, 6.07) is 13.6. The highest BCUT2D eigenvalue weighted by atomic mass is 16.2. The fraction of sp³-hybridized carbons (Fsp3) is 0.250. The zero-order chi connectivity index (χ0) is 18.4. The second kappa shape index (κ2) is 8.29. The number of benzene rings is 1. The van der Waals surface area contributed by atoms with Crippen molar-refractivity contribution < 1.29 is 4.79 Å². The van der Waals surface area contributed by atoms with E-state index >= 15 is 0 Å². The molecule has 0 saturated carbocycles. The molecule has 134 valence electrons. The summed E-state index contributed by atoms with van der Waals surface area (Å²) in [6.45, 7) is 4.57. The van der Waals surface area contributed by atoms with E-state index in [-0.39, 0.29) is 18.0 Å². The summed E-state index contributed by atoms with van der Waals surface area (Å²) in [5.74, 6) is 1.04. The van der Waals surface area contributed by atoms with Gasteiger partial charge in [-0.05, 0) is 17.5 Å². The first-order chi connectivity index (χ1) is 12.6. The molecule has 6 nitrogen and oxygen atoms in total. The smallest absolute Gasteiger partial charge is 0.315 e. The van der Waals surface area contributed by atoms with Crippen molar-refractivity contribution >= 4 is 6.03 Å². The number of pyridine rings is 1. The van der Waals surface area contributed by atoms with Crippen molar-refractivity contribution in [3.8, 4) is 5.82 Å². The molecule has 2 aromatic heterocycles. The van der Waals surface area contributed by atoms with Crippen LogP contribution in [0.1, 0.15) is 31.0 Å². The predicted octanol–water partition coefficient (Wildman–Crippen LogP) is 3.46. The molecule has 0 aliphatic carbocycles. The van der Waals surface area contributed by atoms with Gasteiger partial charge in [0, 0.05) is 30.7 Å². The molecule has 1 atom stereocenters. The molecule has 2 N–H and O–H groups in total. The van der Waals surface area contributed by atoms with Crippen molar-refractivity contribution in [1.29, 1.82) is 0 Å². The number of aromatic nitrogens is 3. The normalized spacial score (nSPS) is 12.0. The molecule has 0 fully saturated rings. The van der Waals surface area contributed by atoms with Crippen LogP contribution in [-0.2, 0) is 6.54 Å². The molecule has 0 aliphatic heterocycles. The van der Waals surface area contributed by atoms with Gasteiger partial charge in [0.2, 0.25) is 0 Å². The van der Waals surface area contributed by atoms with Crippen molar-refractivity contribution in [2.45, 2.75) is 26.4 Å². The van der Waals surface area contributed by atoms with Crippen molar-refractivity contribution in [3.05, 3.63) is 78.5 Å². The molecule has 0 saturated heterocycles. The molecule has 2 heterocycles. The average Bonchev–Trinajstić information content (AvgIpc) is 3.20. The third kappa shape index (κ3) is 4.27. The van der Waals surface area contributed by atoms with Gasteiger partial charge in [0.15, 0.2) is 0 Å². The Morgan fingerprint density at radius 3 is 2.62 bits per heavy atom. The Morgan fingerprint density at radius 1 is 1.12 bits per heavy atom. The van der Waals surface area contributed by atoms with Crippen LogP contribution in [0.5, 0.6) is 0 Å². The van der Waals surface area contributed by atoms with E-state index in [1.165, 1.54) is 0 Å². The summed E-state index contributed by atoms with van der Waals surface area (Å²) >= 11 is 0. The molecule has 26 heavy (non-hydrogen) atoms. The second-order valence-corrected chi connectivity index (χ2v) is 6.42. The fourth-order valence-corrected chi connectivity index (χ4v) is 2.85. The maximum Gasteiger partial charge on any atom is 0.315 e. The first-order valence-electron chi connectivity index (χ1n) is 8.66. The molecular formula is C20H23N5O. The van der Waals surface area contributed by atoms with Crippen molar-refractivity contribution in [2.24, 2.45) is 5.92 Å². The third-order valence-corrected chi connectivity index (χ3v) is 4.17. The van der Waals surface area contributed by atoms with E-state index < -0.39 is 0 Å². The van der Waals surface area contributed by atoms with Gasteiger partial charge in [-0.3, -0.25) is 4.57 Å². The second-order valence-electron chi connectivity index (χ2n) is 6.42. The molecule has 0 radical (unpaired) electrons. The van der Waals surface area contributed by atoms with Gasteiger partial charge in [-0.25, -0.2) is 14.8 Å². The van der Waals surface area contributed by atoms with Crippen LogP contribution in [0.15, 0.2) is 67.4 Å². The predicted molar refractivity (Wildman–Crippen MR) is 101 cm³/mol. The van der Waals surface area contributed by atoms with Crippen LogP contribution in [0.2, 0.25) is 0 Å². The SMILES string of the molecule is CC(C)[C@@H](NC(=O)NCc1cccnc1-n1ccnc1)c1ccccc1. The molecule has 0 unspecified atom stereocenters. The summed E-state index contributed by atoms with van der Waals surface area (Å²) in [5.41, 5.74) is 2.01. The Balaban J connectivity index is 1.66. The summed E-state index contributed by atoms with van der Waals surface area (Å²) in [6.07, 6.45) is 6.95. The van der Waals surface area contributed by atoms with Gasteiger partial charge in [0.25, 0.3) is 0 Å². The minimum atomic E-state index is -0.201. The lowest BCUT2D eigenvalue weighted by Gasteiger charge is -2.23. The summed E-state index contributed by atoms with van der Waals surface area (Å²) in [5, 5.41) is 6.00. The number of carbonyl (C=O) groups excluding carboxylic acids is 1. The van der Waals surface area contributed by atoms with E-state index in [1.807, 2.05) is 53.2 Å². The van der Waals surface area contributed by atoms with Crippen LogP contribution in [0.4, 0.5) is 4.79 Å².